The van der Waals surface area contributed by atoms with Crippen LogP contribution >= 0.6 is 0 Å². The molecule has 0 atom stereocenters. The Morgan fingerprint density at radius 3 is 2.38 bits per heavy atom. The molecule has 3 heteroatoms. The first kappa shape index (κ1) is 13.3. The van der Waals surface area contributed by atoms with Crippen molar-refractivity contribution in [3.63, 3.8) is 0 Å². The predicted molar refractivity (Wildman–Crippen MR) is 82.7 cm³/mol. The van der Waals surface area contributed by atoms with Crippen LogP contribution in [0.4, 0.5) is 0 Å². The number of carbonyl (C=O) groups is 1. The topological polar surface area (TPSA) is 47.3 Å². The molecule has 2 aromatic carbocycles. The molecule has 0 N–H and O–H groups in total. The molecule has 0 amide bonds. The van der Waals surface area contributed by atoms with Gasteiger partial charge in [-0.2, -0.15) is 0 Å². The van der Waals surface area contributed by atoms with Crippen molar-refractivity contribution >= 4 is 16.8 Å². The van der Waals surface area contributed by atoms with Crippen LogP contribution in [0.25, 0.3) is 22.3 Å². The van der Waals surface area contributed by atoms with Crippen molar-refractivity contribution in [2.45, 2.75) is 13.8 Å². The fourth-order valence-corrected chi connectivity index (χ4v) is 2.45. The van der Waals surface area contributed by atoms with Crippen LogP contribution in [0.5, 0.6) is 0 Å². The molecule has 21 heavy (non-hydrogen) atoms. The van der Waals surface area contributed by atoms with Gasteiger partial charge in [0.05, 0.1) is 10.9 Å². The molecule has 0 saturated carbocycles. The average Bonchev–Trinajstić information content (AvgIpc) is 2.51. The van der Waals surface area contributed by atoms with Crippen LogP contribution in [-0.4, -0.2) is 5.78 Å². The van der Waals surface area contributed by atoms with E-state index in [0.717, 1.165) is 5.56 Å². The van der Waals surface area contributed by atoms with Gasteiger partial charge in [-0.25, -0.2) is 0 Å². The Hall–Kier alpha value is -2.68. The molecule has 0 radical (unpaired) electrons. The number of fused-ring (bicyclic) bond motifs is 1. The van der Waals surface area contributed by atoms with Crippen LogP contribution in [-0.2, 0) is 0 Å². The summed E-state index contributed by atoms with van der Waals surface area (Å²) < 4.78 is 5.93. The van der Waals surface area contributed by atoms with E-state index in [1.54, 1.807) is 25.1 Å². The minimum atomic E-state index is -0.119. The van der Waals surface area contributed by atoms with Crippen molar-refractivity contribution in [2.75, 3.05) is 0 Å². The summed E-state index contributed by atoms with van der Waals surface area (Å²) in [5.74, 6) is 0.397. The maximum absolute atomic E-state index is 12.5. The van der Waals surface area contributed by atoms with Gasteiger partial charge < -0.3 is 4.42 Å². The highest BCUT2D eigenvalue weighted by atomic mass is 16.3. The molecule has 0 saturated heterocycles. The molecule has 1 aromatic heterocycles. The number of benzene rings is 2. The van der Waals surface area contributed by atoms with Gasteiger partial charge in [0.1, 0.15) is 11.3 Å². The molecular formula is C18H14O3. The van der Waals surface area contributed by atoms with Crippen molar-refractivity contribution in [1.29, 1.82) is 0 Å². The first-order valence-corrected chi connectivity index (χ1v) is 6.72. The Morgan fingerprint density at radius 1 is 1.00 bits per heavy atom. The number of para-hydroxylation sites is 1. The molecule has 0 spiro atoms. The van der Waals surface area contributed by atoms with Gasteiger partial charge in [-0.1, -0.05) is 36.4 Å². The lowest BCUT2D eigenvalue weighted by atomic mass is 10.0. The molecule has 0 aliphatic rings. The van der Waals surface area contributed by atoms with Crippen molar-refractivity contribution < 1.29 is 9.21 Å². The van der Waals surface area contributed by atoms with Gasteiger partial charge in [-0.15, -0.1) is 0 Å². The van der Waals surface area contributed by atoms with E-state index in [4.69, 9.17) is 4.42 Å². The third kappa shape index (κ3) is 2.17. The molecule has 3 nitrogen and oxygen atoms in total. The maximum Gasteiger partial charge on any atom is 0.196 e. The van der Waals surface area contributed by atoms with Gasteiger partial charge in [-0.05, 0) is 26.0 Å². The monoisotopic (exact) mass is 278 g/mol. The van der Waals surface area contributed by atoms with E-state index in [0.29, 0.717) is 27.9 Å². The molecule has 0 unspecified atom stereocenters. The van der Waals surface area contributed by atoms with Crippen LogP contribution in [0.15, 0.2) is 57.7 Å². The fraction of sp³-hybridized carbons (Fsp3) is 0.111. The summed E-state index contributed by atoms with van der Waals surface area (Å²) in [7, 11) is 0. The quantitative estimate of drug-likeness (QED) is 0.666. The largest absolute Gasteiger partial charge is 0.455 e. The van der Waals surface area contributed by atoms with Crippen molar-refractivity contribution in [3.8, 4) is 11.3 Å². The number of carbonyl (C=O) groups excluding carboxylic acids is 1. The second-order valence-corrected chi connectivity index (χ2v) is 4.99. The standard InChI is InChI=1S/C18H14O3/c1-11-16(20)15-10-6-9-14(12(2)19)18(15)21-17(11)13-7-4-3-5-8-13/h3-10H,1-2H3. The zero-order chi connectivity index (χ0) is 15.0. The van der Waals surface area contributed by atoms with Gasteiger partial charge in [0.15, 0.2) is 11.2 Å². The highest BCUT2D eigenvalue weighted by molar-refractivity contribution is 6.05. The molecule has 0 aliphatic heterocycles. The lowest BCUT2D eigenvalue weighted by Crippen LogP contribution is -2.09. The van der Waals surface area contributed by atoms with Gasteiger partial charge in [0, 0.05) is 11.1 Å². The second kappa shape index (κ2) is 5.02. The zero-order valence-electron chi connectivity index (χ0n) is 11.8. The first-order chi connectivity index (χ1) is 10.1. The summed E-state index contributed by atoms with van der Waals surface area (Å²) in [4.78, 5) is 24.3. The highest BCUT2D eigenvalue weighted by Gasteiger charge is 2.16. The summed E-state index contributed by atoms with van der Waals surface area (Å²) in [5.41, 5.74) is 2.07. The van der Waals surface area contributed by atoms with Gasteiger partial charge in [0.25, 0.3) is 0 Å². The van der Waals surface area contributed by atoms with E-state index in [1.807, 2.05) is 30.3 Å². The third-order valence-corrected chi connectivity index (χ3v) is 3.56. The second-order valence-electron chi connectivity index (χ2n) is 4.99. The van der Waals surface area contributed by atoms with Crippen LogP contribution in [0.3, 0.4) is 0 Å². The van der Waals surface area contributed by atoms with Crippen molar-refractivity contribution in [1.82, 2.24) is 0 Å². The van der Waals surface area contributed by atoms with E-state index >= 15 is 0 Å². The molecule has 3 rings (SSSR count). The molecule has 0 aliphatic carbocycles. The predicted octanol–water partition coefficient (Wildman–Crippen LogP) is 3.97. The van der Waals surface area contributed by atoms with Crippen LogP contribution in [0.2, 0.25) is 0 Å². The Kier molecular flexibility index (Phi) is 3.18. The smallest absolute Gasteiger partial charge is 0.196 e. The van der Waals surface area contributed by atoms with E-state index < -0.39 is 0 Å². The van der Waals surface area contributed by atoms with E-state index in [9.17, 15) is 9.59 Å². The minimum Gasteiger partial charge on any atom is -0.455 e. The Morgan fingerprint density at radius 2 is 1.71 bits per heavy atom. The lowest BCUT2D eigenvalue weighted by molar-refractivity contribution is 0.101. The van der Waals surface area contributed by atoms with Crippen molar-refractivity contribution in [3.05, 3.63) is 69.9 Å². The number of rotatable bonds is 2. The Balaban J connectivity index is 2.43. The number of ketones is 1. The molecule has 0 fully saturated rings. The van der Waals surface area contributed by atoms with Gasteiger partial charge in [-0.3, -0.25) is 9.59 Å². The fourth-order valence-electron chi connectivity index (χ4n) is 2.45. The van der Waals surface area contributed by atoms with Crippen LogP contribution in [0, 0.1) is 6.92 Å². The molecule has 1 heterocycles. The summed E-state index contributed by atoms with van der Waals surface area (Å²) in [6.45, 7) is 3.21. The third-order valence-electron chi connectivity index (χ3n) is 3.56. The molecule has 104 valence electrons. The van der Waals surface area contributed by atoms with E-state index in [2.05, 4.69) is 0 Å². The van der Waals surface area contributed by atoms with E-state index in [1.165, 1.54) is 6.92 Å². The number of hydrogen-bond acceptors (Lipinski definition) is 3. The van der Waals surface area contributed by atoms with Crippen LogP contribution < -0.4 is 5.43 Å². The van der Waals surface area contributed by atoms with Crippen molar-refractivity contribution in [2.24, 2.45) is 0 Å². The Bertz CT molecular complexity index is 889. The normalized spacial score (nSPS) is 10.8. The number of hydrogen-bond donors (Lipinski definition) is 0. The average molecular weight is 278 g/mol. The molecule has 3 aromatic rings. The first-order valence-electron chi connectivity index (χ1n) is 6.72. The molecule has 0 bridgehead atoms. The summed E-state index contributed by atoms with van der Waals surface area (Å²) in [6, 6.07) is 14.5. The summed E-state index contributed by atoms with van der Waals surface area (Å²) in [5, 5.41) is 0.444. The minimum absolute atomic E-state index is 0.0989. The Labute approximate surface area is 121 Å². The highest BCUT2D eigenvalue weighted by Crippen LogP contribution is 2.27. The summed E-state index contributed by atoms with van der Waals surface area (Å²) >= 11 is 0. The lowest BCUT2D eigenvalue weighted by Gasteiger charge is -2.09. The van der Waals surface area contributed by atoms with Gasteiger partial charge >= 0.3 is 0 Å². The van der Waals surface area contributed by atoms with Gasteiger partial charge in [0.2, 0.25) is 0 Å². The zero-order valence-corrected chi connectivity index (χ0v) is 11.8. The SMILES string of the molecule is CC(=O)c1cccc2c(=O)c(C)c(-c3ccccc3)oc12. The van der Waals surface area contributed by atoms with Crippen LogP contribution in [0.1, 0.15) is 22.8 Å². The number of Topliss-reactive ketones (excluding diaryl/α,β-unsaturated/α-hetero) is 1. The molecular weight excluding hydrogens is 264 g/mol. The van der Waals surface area contributed by atoms with E-state index in [-0.39, 0.29) is 11.2 Å². The summed E-state index contributed by atoms with van der Waals surface area (Å²) in [6.07, 6.45) is 0. The maximum atomic E-state index is 12.5.